The van der Waals surface area contributed by atoms with Crippen LogP contribution < -0.4 is 20.5 Å². The topological polar surface area (TPSA) is 106 Å². The molecule has 3 N–H and O–H groups in total. The maximum Gasteiger partial charge on any atom is 0.251 e. The number of rotatable bonds is 5. The largest absolute Gasteiger partial charge is 0.493 e. The summed E-state index contributed by atoms with van der Waals surface area (Å²) in [7, 11) is 0. The molecule has 3 aliphatic rings. The Morgan fingerprint density at radius 2 is 1.80 bits per heavy atom. The Morgan fingerprint density at radius 3 is 2.54 bits per heavy atom. The first-order valence-corrected chi connectivity index (χ1v) is 12.4. The van der Waals surface area contributed by atoms with E-state index in [2.05, 4.69) is 5.32 Å². The Hall–Kier alpha value is -3.55. The van der Waals surface area contributed by atoms with Crippen molar-refractivity contribution in [2.75, 3.05) is 13.2 Å². The van der Waals surface area contributed by atoms with Crippen molar-refractivity contribution in [3.63, 3.8) is 0 Å². The average molecular weight is 477 g/mol. The lowest BCUT2D eigenvalue weighted by molar-refractivity contribution is -0.132. The number of hydrogen-bond donors (Lipinski definition) is 2. The molecule has 3 aliphatic heterocycles. The molecule has 0 aromatic heterocycles. The second kappa shape index (κ2) is 9.24. The van der Waals surface area contributed by atoms with Crippen LogP contribution in [0.15, 0.2) is 47.5 Å². The summed E-state index contributed by atoms with van der Waals surface area (Å²) in [6.45, 7) is 5.09. The van der Waals surface area contributed by atoms with E-state index in [4.69, 9.17) is 20.2 Å². The number of nitrogens with one attached hydrogen (secondary N) is 1. The first-order chi connectivity index (χ1) is 16.9. The van der Waals surface area contributed by atoms with Gasteiger partial charge in [-0.05, 0) is 37.1 Å². The molecule has 2 atom stereocenters. The quantitative estimate of drug-likeness (QED) is 0.681. The summed E-state index contributed by atoms with van der Waals surface area (Å²) >= 11 is 0. The van der Waals surface area contributed by atoms with Gasteiger partial charge in [-0.25, -0.2) is 4.99 Å². The van der Waals surface area contributed by atoms with E-state index in [1.807, 2.05) is 44.2 Å². The lowest BCUT2D eigenvalue weighted by Gasteiger charge is -2.41. The highest BCUT2D eigenvalue weighted by molar-refractivity contribution is 6.00. The lowest BCUT2D eigenvalue weighted by Crippen LogP contribution is -2.53. The zero-order valence-corrected chi connectivity index (χ0v) is 20.3. The number of benzene rings is 2. The van der Waals surface area contributed by atoms with E-state index in [0.717, 1.165) is 29.7 Å². The van der Waals surface area contributed by atoms with E-state index < -0.39 is 5.54 Å². The van der Waals surface area contributed by atoms with Crippen LogP contribution in [0, 0.1) is 0 Å². The Kier molecular flexibility index (Phi) is 6.13. The van der Waals surface area contributed by atoms with Gasteiger partial charge < -0.3 is 20.5 Å². The van der Waals surface area contributed by atoms with Crippen molar-refractivity contribution in [3.05, 3.63) is 59.2 Å². The predicted molar refractivity (Wildman–Crippen MR) is 132 cm³/mol. The summed E-state index contributed by atoms with van der Waals surface area (Å²) in [5, 5.41) is 3.15. The number of hydrogen-bond acceptors (Lipinski definition) is 6. The first kappa shape index (κ1) is 23.2. The molecular formula is C27H32N4O4. The molecule has 0 unspecified atom stereocenters. The molecule has 0 fully saturated rings. The molecule has 0 saturated carbocycles. The number of para-hydroxylation sites is 1. The van der Waals surface area contributed by atoms with Crippen molar-refractivity contribution in [1.29, 1.82) is 0 Å². The van der Waals surface area contributed by atoms with Crippen LogP contribution in [0.2, 0.25) is 0 Å². The highest BCUT2D eigenvalue weighted by atomic mass is 16.5. The number of carbonyl (C=O) groups excluding carboxylic acids is 2. The van der Waals surface area contributed by atoms with Crippen LogP contribution in [0.3, 0.4) is 0 Å². The van der Waals surface area contributed by atoms with E-state index in [1.54, 1.807) is 17.0 Å². The Labute approximate surface area is 205 Å². The summed E-state index contributed by atoms with van der Waals surface area (Å²) in [4.78, 5) is 32.9. The molecule has 8 heteroatoms. The third kappa shape index (κ3) is 4.22. The molecule has 0 aliphatic carbocycles. The number of ether oxygens (including phenoxy) is 2. The predicted octanol–water partition coefficient (Wildman–Crippen LogP) is 3.87. The summed E-state index contributed by atoms with van der Waals surface area (Å²) < 4.78 is 11.6. The molecule has 5 rings (SSSR count). The van der Waals surface area contributed by atoms with Crippen LogP contribution in [0.4, 0.5) is 0 Å². The highest BCUT2D eigenvalue weighted by Crippen LogP contribution is 2.40. The molecule has 0 saturated heterocycles. The molecule has 0 spiro atoms. The fourth-order valence-corrected chi connectivity index (χ4v) is 5.34. The van der Waals surface area contributed by atoms with Gasteiger partial charge in [-0.1, -0.05) is 32.0 Å². The molecule has 2 aromatic carbocycles. The zero-order valence-electron chi connectivity index (χ0n) is 20.3. The van der Waals surface area contributed by atoms with Crippen LogP contribution in [0.1, 0.15) is 79.5 Å². The first-order valence-electron chi connectivity index (χ1n) is 12.4. The number of aliphatic imine (C=N–C) groups is 1. The molecular weight excluding hydrogens is 444 g/mol. The summed E-state index contributed by atoms with van der Waals surface area (Å²) in [6.07, 6.45) is 3.13. The maximum absolute atomic E-state index is 13.3. The zero-order chi connectivity index (χ0) is 24.6. The van der Waals surface area contributed by atoms with Gasteiger partial charge in [-0.3, -0.25) is 14.5 Å². The number of guanidine groups is 1. The van der Waals surface area contributed by atoms with Gasteiger partial charge in [0.2, 0.25) is 5.91 Å². The highest BCUT2D eigenvalue weighted by Gasteiger charge is 2.41. The van der Waals surface area contributed by atoms with Gasteiger partial charge in [0.05, 0.1) is 37.3 Å². The van der Waals surface area contributed by atoms with Gasteiger partial charge in [0.15, 0.2) is 5.96 Å². The fourth-order valence-electron chi connectivity index (χ4n) is 5.34. The van der Waals surface area contributed by atoms with Crippen molar-refractivity contribution in [2.24, 2.45) is 10.7 Å². The lowest BCUT2D eigenvalue weighted by atomic mass is 9.87. The van der Waals surface area contributed by atoms with Crippen molar-refractivity contribution in [1.82, 2.24) is 10.2 Å². The summed E-state index contributed by atoms with van der Waals surface area (Å²) in [5.41, 5.74) is 8.21. The minimum atomic E-state index is -0.437. The van der Waals surface area contributed by atoms with E-state index in [1.165, 1.54) is 0 Å². The normalized spacial score (nSPS) is 22.7. The van der Waals surface area contributed by atoms with Gasteiger partial charge in [0, 0.05) is 29.5 Å². The molecule has 0 bridgehead atoms. The minimum absolute atomic E-state index is 0.0345. The summed E-state index contributed by atoms with van der Waals surface area (Å²) in [6, 6.07) is 12.7. The average Bonchev–Trinajstić information content (AvgIpc) is 2.88. The fraction of sp³-hybridized carbons (Fsp3) is 0.444. The van der Waals surface area contributed by atoms with Gasteiger partial charge in [-0.2, -0.15) is 0 Å². The number of nitrogens with two attached hydrogens (primary N) is 1. The third-order valence-electron chi connectivity index (χ3n) is 7.52. The van der Waals surface area contributed by atoms with Crippen molar-refractivity contribution < 1.29 is 19.1 Å². The van der Waals surface area contributed by atoms with Crippen LogP contribution >= 0.6 is 0 Å². The maximum atomic E-state index is 13.3. The van der Waals surface area contributed by atoms with E-state index in [0.29, 0.717) is 43.8 Å². The molecule has 35 heavy (non-hydrogen) atoms. The molecule has 0 radical (unpaired) electrons. The second-order valence-electron chi connectivity index (χ2n) is 9.45. The molecule has 8 nitrogen and oxygen atoms in total. The molecule has 2 aromatic rings. The van der Waals surface area contributed by atoms with Gasteiger partial charge in [0.1, 0.15) is 11.5 Å². The van der Waals surface area contributed by atoms with Gasteiger partial charge in [0.25, 0.3) is 5.91 Å². The third-order valence-corrected chi connectivity index (χ3v) is 7.52. The molecule has 2 amide bonds. The number of carbonyl (C=O) groups is 2. The Morgan fingerprint density at radius 1 is 1.09 bits per heavy atom. The van der Waals surface area contributed by atoms with Crippen LogP contribution in [0.5, 0.6) is 11.5 Å². The number of fused-ring (bicyclic) bond motifs is 2. The second-order valence-corrected chi connectivity index (χ2v) is 9.45. The Bertz CT molecular complexity index is 1170. The number of amides is 2. The van der Waals surface area contributed by atoms with Crippen LogP contribution in [-0.4, -0.2) is 41.4 Å². The van der Waals surface area contributed by atoms with Crippen molar-refractivity contribution >= 4 is 17.8 Å². The SMILES string of the molecule is CCC1(CC)CC(=O)N([C@@H]2CCOc3ccc(C(=O)N[C@H]4CCOc5ccccc54)cc32)C(N)=N1. The Balaban J connectivity index is 1.42. The molecule has 184 valence electrons. The standard InChI is InChI=1S/C27H32N4O4/c1-3-27(4-2)16-24(32)31(26(28)30-27)21-12-14-35-23-10-9-17(15-19(21)23)25(33)29-20-11-13-34-22-8-6-5-7-18(20)22/h5-10,15,20-21H,3-4,11-14,16H2,1-2H3,(H2,28,30)(H,29,33)/t20-,21+/m0/s1. The van der Waals surface area contributed by atoms with E-state index in [9.17, 15) is 9.59 Å². The monoisotopic (exact) mass is 476 g/mol. The van der Waals surface area contributed by atoms with Gasteiger partial charge >= 0.3 is 0 Å². The number of nitrogens with zero attached hydrogens (tertiary/aromatic N) is 2. The van der Waals surface area contributed by atoms with Crippen LogP contribution in [-0.2, 0) is 4.79 Å². The molecule has 3 heterocycles. The van der Waals surface area contributed by atoms with Crippen LogP contribution in [0.25, 0.3) is 0 Å². The summed E-state index contributed by atoms with van der Waals surface area (Å²) in [5.74, 6) is 1.50. The smallest absolute Gasteiger partial charge is 0.251 e. The minimum Gasteiger partial charge on any atom is -0.493 e. The van der Waals surface area contributed by atoms with E-state index >= 15 is 0 Å². The van der Waals surface area contributed by atoms with Crippen molar-refractivity contribution in [2.45, 2.75) is 63.6 Å². The van der Waals surface area contributed by atoms with Crippen molar-refractivity contribution in [3.8, 4) is 11.5 Å². The van der Waals surface area contributed by atoms with E-state index in [-0.39, 0.29) is 29.9 Å². The van der Waals surface area contributed by atoms with Gasteiger partial charge in [-0.15, -0.1) is 0 Å².